The van der Waals surface area contributed by atoms with Crippen LogP contribution in [-0.2, 0) is 17.8 Å². The van der Waals surface area contributed by atoms with Gasteiger partial charge >= 0.3 is 5.97 Å². The molecule has 0 spiro atoms. The molecule has 0 unspecified atom stereocenters. The lowest BCUT2D eigenvalue weighted by Gasteiger charge is -2.24. The predicted octanol–water partition coefficient (Wildman–Crippen LogP) is 4.92. The first kappa shape index (κ1) is 25.5. The number of methoxy groups -OCH3 is 1. The van der Waals surface area contributed by atoms with Crippen LogP contribution in [0.5, 0.6) is 0 Å². The van der Waals surface area contributed by atoms with Crippen LogP contribution in [-0.4, -0.2) is 34.4 Å². The van der Waals surface area contributed by atoms with E-state index in [4.69, 9.17) is 15.5 Å². The molecular weight excluding hydrogens is 478 g/mol. The summed E-state index contributed by atoms with van der Waals surface area (Å²) in [4.78, 5) is 29.8. The second kappa shape index (κ2) is 11.5. The Hall–Kier alpha value is -4.17. The molecule has 4 N–H and O–H groups in total. The molecule has 4 aromatic rings. The van der Waals surface area contributed by atoms with E-state index in [-0.39, 0.29) is 11.9 Å². The number of hydrogen-bond donors (Lipinski definition) is 3. The Morgan fingerprint density at radius 3 is 2.50 bits per heavy atom. The van der Waals surface area contributed by atoms with Gasteiger partial charge in [-0.1, -0.05) is 55.7 Å². The number of pyridine rings is 1. The molecule has 2 aromatic carbocycles. The van der Waals surface area contributed by atoms with Crippen LogP contribution in [0.3, 0.4) is 0 Å². The van der Waals surface area contributed by atoms with Gasteiger partial charge in [-0.15, -0.1) is 0 Å². The van der Waals surface area contributed by atoms with Crippen LogP contribution in [0.25, 0.3) is 16.9 Å². The van der Waals surface area contributed by atoms with Crippen molar-refractivity contribution in [3.8, 4) is 11.3 Å². The molecule has 8 nitrogen and oxygen atoms in total. The van der Waals surface area contributed by atoms with Gasteiger partial charge in [0.15, 0.2) is 0 Å². The minimum atomic E-state index is -0.377. The zero-order valence-electron chi connectivity index (χ0n) is 21.6. The number of nitrogens with two attached hydrogens (primary N) is 1. The first-order valence-electron chi connectivity index (χ1n) is 13.1. The van der Waals surface area contributed by atoms with Gasteiger partial charge in [0.2, 0.25) is 0 Å². The standard InChI is InChI=1S/C30H33N5O3/c1-38-30(37)23-12-10-22(11-13-23)27-28(33-25-8-3-2-4-9-25)35-15-14-24(17-26(35)34-27)29(36)32-19-21-7-5-6-20(16-21)18-31/h5-7,10-17,25,33H,2-4,8-9,18-19,31H2,1H3,(H,32,36). The summed E-state index contributed by atoms with van der Waals surface area (Å²) in [6, 6.07) is 19.1. The molecule has 0 atom stereocenters. The van der Waals surface area contributed by atoms with Crippen LogP contribution in [0.1, 0.15) is 63.9 Å². The Balaban J connectivity index is 1.44. The van der Waals surface area contributed by atoms with E-state index in [1.807, 2.05) is 59.1 Å². The van der Waals surface area contributed by atoms with Crippen LogP contribution in [0, 0.1) is 0 Å². The van der Waals surface area contributed by atoms with Crippen molar-refractivity contribution in [1.82, 2.24) is 14.7 Å². The van der Waals surface area contributed by atoms with Gasteiger partial charge in [0.25, 0.3) is 5.91 Å². The maximum atomic E-state index is 13.0. The lowest BCUT2D eigenvalue weighted by Crippen LogP contribution is -2.24. The van der Waals surface area contributed by atoms with E-state index in [9.17, 15) is 9.59 Å². The van der Waals surface area contributed by atoms with Gasteiger partial charge in [0.05, 0.1) is 12.7 Å². The topological polar surface area (TPSA) is 111 Å². The van der Waals surface area contributed by atoms with Gasteiger partial charge in [-0.05, 0) is 48.2 Å². The molecule has 0 radical (unpaired) electrons. The fourth-order valence-electron chi connectivity index (χ4n) is 5.00. The molecule has 196 valence electrons. The molecule has 0 bridgehead atoms. The van der Waals surface area contributed by atoms with E-state index in [0.29, 0.717) is 35.9 Å². The molecule has 1 aliphatic carbocycles. The first-order valence-corrected chi connectivity index (χ1v) is 13.1. The van der Waals surface area contributed by atoms with Crippen LogP contribution in [0.15, 0.2) is 66.9 Å². The fourth-order valence-corrected chi connectivity index (χ4v) is 5.00. The maximum absolute atomic E-state index is 13.0. The normalized spacial score (nSPS) is 13.8. The highest BCUT2D eigenvalue weighted by Gasteiger charge is 2.21. The average Bonchev–Trinajstić information content (AvgIpc) is 3.33. The minimum absolute atomic E-state index is 0.167. The molecule has 0 aliphatic heterocycles. The molecule has 1 amide bonds. The lowest BCUT2D eigenvalue weighted by atomic mass is 9.95. The number of nitrogens with zero attached hydrogens (tertiary/aromatic N) is 2. The number of amides is 1. The summed E-state index contributed by atoms with van der Waals surface area (Å²) in [5.74, 6) is 0.347. The molecule has 2 aromatic heterocycles. The number of aromatic nitrogens is 2. The Morgan fingerprint density at radius 2 is 1.76 bits per heavy atom. The SMILES string of the molecule is COC(=O)c1ccc(-c2nc3cc(C(=O)NCc4cccc(CN)c4)ccn3c2NC2CCCCC2)cc1. The number of rotatable bonds is 8. The van der Waals surface area contributed by atoms with Crippen LogP contribution in [0.2, 0.25) is 0 Å². The Morgan fingerprint density at radius 1 is 1.00 bits per heavy atom. The minimum Gasteiger partial charge on any atom is -0.465 e. The smallest absolute Gasteiger partial charge is 0.337 e. The van der Waals surface area contributed by atoms with Crippen LogP contribution >= 0.6 is 0 Å². The van der Waals surface area contributed by atoms with Gasteiger partial charge in [-0.2, -0.15) is 0 Å². The molecule has 1 aliphatic rings. The number of carbonyl (C=O) groups excluding carboxylic acids is 2. The summed E-state index contributed by atoms with van der Waals surface area (Å²) in [5.41, 5.74) is 11.1. The molecule has 5 rings (SSSR count). The molecule has 1 fully saturated rings. The summed E-state index contributed by atoms with van der Waals surface area (Å²) in [6.45, 7) is 0.877. The van der Waals surface area contributed by atoms with Crippen LogP contribution in [0.4, 0.5) is 5.82 Å². The van der Waals surface area contributed by atoms with Crippen molar-refractivity contribution in [3.05, 3.63) is 89.1 Å². The summed E-state index contributed by atoms with van der Waals surface area (Å²) >= 11 is 0. The number of esters is 1. The zero-order valence-corrected chi connectivity index (χ0v) is 21.6. The van der Waals surface area contributed by atoms with Crippen molar-refractivity contribution in [3.63, 3.8) is 0 Å². The first-order chi connectivity index (χ1) is 18.6. The van der Waals surface area contributed by atoms with Crippen molar-refractivity contribution in [2.24, 2.45) is 5.73 Å². The Kier molecular flexibility index (Phi) is 7.70. The molecule has 2 heterocycles. The lowest BCUT2D eigenvalue weighted by molar-refractivity contribution is 0.0600. The third-order valence-electron chi connectivity index (χ3n) is 7.09. The Labute approximate surface area is 222 Å². The summed E-state index contributed by atoms with van der Waals surface area (Å²) in [5, 5.41) is 6.72. The number of fused-ring (bicyclic) bond motifs is 1. The molecule has 0 saturated heterocycles. The summed E-state index contributed by atoms with van der Waals surface area (Å²) in [6.07, 6.45) is 7.79. The molecule has 1 saturated carbocycles. The quantitative estimate of drug-likeness (QED) is 0.290. The highest BCUT2D eigenvalue weighted by atomic mass is 16.5. The highest BCUT2D eigenvalue weighted by molar-refractivity contribution is 5.95. The van der Waals surface area contributed by atoms with E-state index in [1.165, 1.54) is 26.4 Å². The van der Waals surface area contributed by atoms with E-state index in [1.54, 1.807) is 12.1 Å². The monoisotopic (exact) mass is 511 g/mol. The van der Waals surface area contributed by atoms with Gasteiger partial charge in [-0.25, -0.2) is 9.78 Å². The van der Waals surface area contributed by atoms with E-state index in [2.05, 4.69) is 10.6 Å². The number of hydrogen-bond acceptors (Lipinski definition) is 6. The third-order valence-corrected chi connectivity index (χ3v) is 7.09. The van der Waals surface area contributed by atoms with E-state index in [0.717, 1.165) is 41.0 Å². The van der Waals surface area contributed by atoms with Crippen LogP contribution < -0.4 is 16.4 Å². The highest BCUT2D eigenvalue weighted by Crippen LogP contribution is 2.32. The van der Waals surface area contributed by atoms with Gasteiger partial charge in [0, 0.05) is 36.5 Å². The summed E-state index contributed by atoms with van der Waals surface area (Å²) < 4.78 is 6.83. The molecule has 8 heteroatoms. The number of ether oxygens (including phenoxy) is 1. The van der Waals surface area contributed by atoms with Crippen molar-refractivity contribution in [2.45, 2.75) is 51.2 Å². The third kappa shape index (κ3) is 5.55. The van der Waals surface area contributed by atoms with Crippen molar-refractivity contribution >= 4 is 23.3 Å². The zero-order chi connectivity index (χ0) is 26.5. The predicted molar refractivity (Wildman–Crippen MR) is 148 cm³/mol. The van der Waals surface area contributed by atoms with Gasteiger partial charge in [0.1, 0.15) is 17.2 Å². The van der Waals surface area contributed by atoms with Crippen molar-refractivity contribution in [1.29, 1.82) is 0 Å². The van der Waals surface area contributed by atoms with Gasteiger partial charge in [-0.3, -0.25) is 9.20 Å². The number of anilines is 1. The average molecular weight is 512 g/mol. The summed E-state index contributed by atoms with van der Waals surface area (Å²) in [7, 11) is 1.37. The second-order valence-corrected chi connectivity index (χ2v) is 9.71. The fraction of sp³-hybridized carbons (Fsp3) is 0.300. The maximum Gasteiger partial charge on any atom is 0.337 e. The number of nitrogens with one attached hydrogen (secondary N) is 2. The Bertz CT molecular complexity index is 1440. The number of carbonyl (C=O) groups is 2. The number of imidazole rings is 1. The largest absolute Gasteiger partial charge is 0.465 e. The molecule has 38 heavy (non-hydrogen) atoms. The van der Waals surface area contributed by atoms with Crippen molar-refractivity contribution in [2.75, 3.05) is 12.4 Å². The van der Waals surface area contributed by atoms with E-state index >= 15 is 0 Å². The van der Waals surface area contributed by atoms with E-state index < -0.39 is 0 Å². The second-order valence-electron chi connectivity index (χ2n) is 9.71. The van der Waals surface area contributed by atoms with Crippen molar-refractivity contribution < 1.29 is 14.3 Å². The molecular formula is C30H33N5O3. The number of benzene rings is 2. The van der Waals surface area contributed by atoms with Gasteiger partial charge < -0.3 is 21.1 Å².